The van der Waals surface area contributed by atoms with E-state index in [9.17, 15) is 4.39 Å². The molecule has 0 saturated heterocycles. The molecule has 0 spiro atoms. The average Bonchev–Trinajstić information content (AvgIpc) is 2.37. The number of halogens is 2. The molecule has 0 aliphatic rings. The van der Waals surface area contributed by atoms with Gasteiger partial charge in [0.15, 0.2) is 0 Å². The molecule has 0 aliphatic carbocycles. The van der Waals surface area contributed by atoms with Crippen molar-refractivity contribution in [1.82, 2.24) is 10.3 Å². The minimum Gasteiger partial charge on any atom is -0.439 e. The van der Waals surface area contributed by atoms with Gasteiger partial charge in [0.1, 0.15) is 11.6 Å². The molecule has 2 aromatic rings. The highest BCUT2D eigenvalue weighted by Crippen LogP contribution is 2.25. The van der Waals surface area contributed by atoms with Crippen molar-refractivity contribution in [3.8, 4) is 11.6 Å². The molecule has 0 fully saturated rings. The second kappa shape index (κ2) is 5.99. The number of pyridine rings is 1. The Bertz CT molecular complexity index is 590. The Balaban J connectivity index is 2.19. The standard InChI is InChI=1S/C14H14ClFN2O/c1-9-10(8-17-2)3-6-14(18-9)19-11-4-5-13(16)12(15)7-11/h3-7,17H,8H2,1-2H3. The number of nitrogens with one attached hydrogen (secondary N) is 1. The molecular formula is C14H14ClFN2O. The van der Waals surface area contributed by atoms with Gasteiger partial charge in [-0.05, 0) is 31.7 Å². The van der Waals surface area contributed by atoms with Gasteiger partial charge in [-0.15, -0.1) is 0 Å². The molecule has 2 rings (SSSR count). The lowest BCUT2D eigenvalue weighted by atomic mass is 10.2. The van der Waals surface area contributed by atoms with E-state index in [0.717, 1.165) is 17.8 Å². The Hall–Kier alpha value is -1.65. The van der Waals surface area contributed by atoms with E-state index in [-0.39, 0.29) is 5.02 Å². The van der Waals surface area contributed by atoms with E-state index in [1.165, 1.54) is 18.2 Å². The van der Waals surface area contributed by atoms with Crippen LogP contribution in [0.4, 0.5) is 4.39 Å². The van der Waals surface area contributed by atoms with Crippen LogP contribution in [0.1, 0.15) is 11.3 Å². The smallest absolute Gasteiger partial charge is 0.219 e. The molecule has 0 unspecified atom stereocenters. The Morgan fingerprint density at radius 2 is 2.11 bits per heavy atom. The number of nitrogens with zero attached hydrogens (tertiary/aromatic N) is 1. The first-order valence-electron chi connectivity index (χ1n) is 5.84. The van der Waals surface area contributed by atoms with Gasteiger partial charge in [0.2, 0.25) is 5.88 Å². The maximum absolute atomic E-state index is 13.0. The van der Waals surface area contributed by atoms with E-state index < -0.39 is 5.82 Å². The minimum atomic E-state index is -0.470. The number of hydrogen-bond acceptors (Lipinski definition) is 3. The van der Waals surface area contributed by atoms with Crippen LogP contribution in [0.3, 0.4) is 0 Å². The van der Waals surface area contributed by atoms with Crippen LogP contribution in [-0.2, 0) is 6.54 Å². The van der Waals surface area contributed by atoms with Crippen LogP contribution < -0.4 is 10.1 Å². The van der Waals surface area contributed by atoms with E-state index in [4.69, 9.17) is 16.3 Å². The normalized spacial score (nSPS) is 10.5. The zero-order valence-electron chi connectivity index (χ0n) is 10.7. The molecule has 0 bridgehead atoms. The van der Waals surface area contributed by atoms with E-state index >= 15 is 0 Å². The molecule has 1 N–H and O–H groups in total. The number of aryl methyl sites for hydroxylation is 1. The molecule has 5 heteroatoms. The first-order valence-corrected chi connectivity index (χ1v) is 6.22. The van der Waals surface area contributed by atoms with Crippen molar-refractivity contribution in [2.75, 3.05) is 7.05 Å². The average molecular weight is 281 g/mol. The monoisotopic (exact) mass is 280 g/mol. The van der Waals surface area contributed by atoms with Crippen LogP contribution in [0.15, 0.2) is 30.3 Å². The second-order valence-corrected chi connectivity index (χ2v) is 4.51. The van der Waals surface area contributed by atoms with Gasteiger partial charge in [-0.3, -0.25) is 0 Å². The minimum absolute atomic E-state index is 0.0287. The van der Waals surface area contributed by atoms with Crippen LogP contribution in [-0.4, -0.2) is 12.0 Å². The fourth-order valence-corrected chi connectivity index (χ4v) is 1.83. The van der Waals surface area contributed by atoms with Crippen molar-refractivity contribution in [2.24, 2.45) is 0 Å². The van der Waals surface area contributed by atoms with Crippen LogP contribution in [0.25, 0.3) is 0 Å². The van der Waals surface area contributed by atoms with Gasteiger partial charge >= 0.3 is 0 Å². The maximum atomic E-state index is 13.0. The zero-order valence-corrected chi connectivity index (χ0v) is 11.5. The first-order chi connectivity index (χ1) is 9.10. The SMILES string of the molecule is CNCc1ccc(Oc2ccc(F)c(Cl)c2)nc1C. The summed E-state index contributed by atoms with van der Waals surface area (Å²) in [5, 5.41) is 3.10. The molecule has 3 nitrogen and oxygen atoms in total. The Morgan fingerprint density at radius 1 is 1.32 bits per heavy atom. The van der Waals surface area contributed by atoms with Crippen molar-refractivity contribution >= 4 is 11.6 Å². The summed E-state index contributed by atoms with van der Waals surface area (Å²) in [5.41, 5.74) is 1.99. The lowest BCUT2D eigenvalue weighted by Gasteiger charge is -2.09. The Morgan fingerprint density at radius 3 is 2.74 bits per heavy atom. The summed E-state index contributed by atoms with van der Waals surface area (Å²) in [4.78, 5) is 4.34. The highest BCUT2D eigenvalue weighted by Gasteiger charge is 2.05. The van der Waals surface area contributed by atoms with Crippen molar-refractivity contribution in [3.05, 3.63) is 52.4 Å². The molecule has 1 aromatic carbocycles. The van der Waals surface area contributed by atoms with Crippen molar-refractivity contribution in [1.29, 1.82) is 0 Å². The fourth-order valence-electron chi connectivity index (χ4n) is 1.66. The van der Waals surface area contributed by atoms with Gasteiger partial charge in [0, 0.05) is 24.4 Å². The number of aromatic nitrogens is 1. The van der Waals surface area contributed by atoms with Gasteiger partial charge in [0.05, 0.1) is 5.02 Å². The van der Waals surface area contributed by atoms with Crippen LogP contribution in [0, 0.1) is 12.7 Å². The maximum Gasteiger partial charge on any atom is 0.219 e. The quantitative estimate of drug-likeness (QED) is 0.927. The van der Waals surface area contributed by atoms with Crippen molar-refractivity contribution < 1.29 is 9.13 Å². The predicted molar refractivity (Wildman–Crippen MR) is 73.2 cm³/mol. The summed E-state index contributed by atoms with van der Waals surface area (Å²) in [6.07, 6.45) is 0. The number of rotatable bonds is 4. The van der Waals surface area contributed by atoms with E-state index in [2.05, 4.69) is 10.3 Å². The summed E-state index contributed by atoms with van der Waals surface area (Å²) in [6, 6.07) is 7.92. The fraction of sp³-hybridized carbons (Fsp3) is 0.214. The molecule has 100 valence electrons. The molecule has 1 heterocycles. The second-order valence-electron chi connectivity index (χ2n) is 4.10. The summed E-state index contributed by atoms with van der Waals surface area (Å²) in [6.45, 7) is 2.67. The van der Waals surface area contributed by atoms with E-state index in [1.807, 2.05) is 20.0 Å². The van der Waals surface area contributed by atoms with Crippen molar-refractivity contribution in [3.63, 3.8) is 0 Å². The van der Waals surface area contributed by atoms with Gasteiger partial charge in [0.25, 0.3) is 0 Å². The summed E-state index contributed by atoms with van der Waals surface area (Å²) < 4.78 is 18.6. The van der Waals surface area contributed by atoms with Crippen LogP contribution >= 0.6 is 11.6 Å². The van der Waals surface area contributed by atoms with Gasteiger partial charge in [-0.1, -0.05) is 17.7 Å². The van der Waals surface area contributed by atoms with Gasteiger partial charge in [-0.2, -0.15) is 0 Å². The van der Waals surface area contributed by atoms with Crippen molar-refractivity contribution in [2.45, 2.75) is 13.5 Å². The third kappa shape index (κ3) is 3.43. The lowest BCUT2D eigenvalue weighted by Crippen LogP contribution is -2.07. The van der Waals surface area contributed by atoms with Gasteiger partial charge < -0.3 is 10.1 Å². The molecule has 0 amide bonds. The third-order valence-electron chi connectivity index (χ3n) is 2.65. The highest BCUT2D eigenvalue weighted by atomic mass is 35.5. The largest absolute Gasteiger partial charge is 0.439 e. The Labute approximate surface area is 116 Å². The molecule has 1 aromatic heterocycles. The summed E-state index contributed by atoms with van der Waals surface area (Å²) >= 11 is 5.69. The summed E-state index contributed by atoms with van der Waals surface area (Å²) in [5.74, 6) is 0.446. The lowest BCUT2D eigenvalue weighted by molar-refractivity contribution is 0.459. The van der Waals surface area contributed by atoms with Gasteiger partial charge in [-0.25, -0.2) is 9.37 Å². The number of benzene rings is 1. The molecular weight excluding hydrogens is 267 g/mol. The summed E-state index contributed by atoms with van der Waals surface area (Å²) in [7, 11) is 1.88. The van der Waals surface area contributed by atoms with E-state index in [0.29, 0.717) is 11.6 Å². The van der Waals surface area contributed by atoms with Crippen LogP contribution in [0.2, 0.25) is 5.02 Å². The molecule has 0 radical (unpaired) electrons. The molecule has 0 aliphatic heterocycles. The number of hydrogen-bond donors (Lipinski definition) is 1. The number of ether oxygens (including phenoxy) is 1. The topological polar surface area (TPSA) is 34.1 Å². The molecule has 19 heavy (non-hydrogen) atoms. The Kier molecular flexibility index (Phi) is 4.35. The highest BCUT2D eigenvalue weighted by molar-refractivity contribution is 6.30. The van der Waals surface area contributed by atoms with E-state index in [1.54, 1.807) is 6.07 Å². The molecule has 0 saturated carbocycles. The van der Waals surface area contributed by atoms with Crippen LogP contribution in [0.5, 0.6) is 11.6 Å². The third-order valence-corrected chi connectivity index (χ3v) is 2.94. The predicted octanol–water partition coefficient (Wildman–Crippen LogP) is 3.69. The zero-order chi connectivity index (χ0) is 13.8. The molecule has 0 atom stereocenters. The first kappa shape index (κ1) is 13.8.